The van der Waals surface area contributed by atoms with Crippen molar-refractivity contribution < 1.29 is 33.1 Å². The number of carbonyl (C=O) groups is 3. The molecule has 1 saturated heterocycles. The molecule has 0 spiro atoms. The molecule has 260 valence electrons. The molecule has 2 amide bonds. The number of hydrogen-bond donors (Lipinski definition) is 2. The molecule has 0 saturated carbocycles. The summed E-state index contributed by atoms with van der Waals surface area (Å²) in [5.41, 5.74) is 3.80. The Balaban J connectivity index is 1.51. The van der Waals surface area contributed by atoms with Crippen molar-refractivity contribution in [2.24, 2.45) is 5.92 Å². The van der Waals surface area contributed by atoms with Crippen molar-refractivity contribution in [2.45, 2.75) is 111 Å². The molecule has 0 bridgehead atoms. The van der Waals surface area contributed by atoms with Crippen molar-refractivity contribution in [1.29, 1.82) is 0 Å². The number of unbranched alkanes of at least 4 members (excludes halogenated alkanes) is 3. The first kappa shape index (κ1) is 37.9. The van der Waals surface area contributed by atoms with Gasteiger partial charge in [0.25, 0.3) is 5.91 Å². The minimum Gasteiger partial charge on any atom is -0.493 e. The number of nitrogens with one attached hydrogen (secondary N) is 2. The van der Waals surface area contributed by atoms with Crippen LogP contribution in [0, 0.1) is 19.8 Å². The van der Waals surface area contributed by atoms with Gasteiger partial charge in [-0.15, -0.1) is 0 Å². The van der Waals surface area contributed by atoms with Crippen LogP contribution in [-0.4, -0.2) is 61.8 Å². The number of methoxy groups -OCH3 is 1. The average molecular weight is 653 g/mol. The van der Waals surface area contributed by atoms with E-state index in [9.17, 15) is 14.4 Å². The predicted molar refractivity (Wildman–Crippen MR) is 187 cm³/mol. The summed E-state index contributed by atoms with van der Waals surface area (Å²) in [6.07, 6.45) is 9.01. The Hall–Kier alpha value is -3.59. The number of para-hydroxylation sites is 1. The zero-order valence-corrected chi connectivity index (χ0v) is 29.6. The fourth-order valence-corrected chi connectivity index (χ4v) is 6.70. The molecule has 1 unspecified atom stereocenters. The van der Waals surface area contributed by atoms with Crippen molar-refractivity contribution in [2.75, 3.05) is 38.7 Å². The van der Waals surface area contributed by atoms with Gasteiger partial charge < -0.3 is 29.3 Å². The average Bonchev–Trinajstić information content (AvgIpc) is 3.04. The Bertz CT molecular complexity index is 1290. The van der Waals surface area contributed by atoms with Gasteiger partial charge in [0.1, 0.15) is 13.2 Å². The van der Waals surface area contributed by atoms with Gasteiger partial charge >= 0.3 is 6.16 Å². The van der Waals surface area contributed by atoms with Crippen LogP contribution in [0.1, 0.15) is 102 Å². The molecular formula is C38H58N3O6+. The minimum atomic E-state index is -0.819. The van der Waals surface area contributed by atoms with Crippen LogP contribution in [0.15, 0.2) is 36.4 Å². The van der Waals surface area contributed by atoms with E-state index >= 15 is 0 Å². The number of nitrogens with zero attached hydrogens (tertiary/aromatic N) is 1. The van der Waals surface area contributed by atoms with Gasteiger partial charge in [-0.2, -0.15) is 0 Å². The highest BCUT2D eigenvalue weighted by Gasteiger charge is 2.43. The fraction of sp³-hybridized carbons (Fsp3) is 0.605. The van der Waals surface area contributed by atoms with Crippen molar-refractivity contribution in [1.82, 2.24) is 5.32 Å². The normalized spacial score (nSPS) is 17.6. The largest absolute Gasteiger partial charge is 0.514 e. The van der Waals surface area contributed by atoms with Crippen LogP contribution in [0.5, 0.6) is 11.5 Å². The molecule has 9 nitrogen and oxygen atoms in total. The Morgan fingerprint density at radius 2 is 1.70 bits per heavy atom. The molecule has 2 aromatic carbocycles. The molecule has 2 N–H and O–H groups in total. The first-order valence-electron chi connectivity index (χ1n) is 17.6. The summed E-state index contributed by atoms with van der Waals surface area (Å²) in [6.45, 7) is 13.3. The summed E-state index contributed by atoms with van der Waals surface area (Å²) in [7, 11) is 1.51. The van der Waals surface area contributed by atoms with Crippen LogP contribution in [0.25, 0.3) is 0 Å². The number of carbonyl (C=O) groups excluding carboxylic acids is 3. The first-order valence-corrected chi connectivity index (χ1v) is 17.6. The summed E-state index contributed by atoms with van der Waals surface area (Å²) in [5.74, 6) is 1.41. The van der Waals surface area contributed by atoms with Crippen molar-refractivity contribution >= 4 is 23.7 Å². The third-order valence-electron chi connectivity index (χ3n) is 9.30. The van der Waals surface area contributed by atoms with Crippen LogP contribution in [0.3, 0.4) is 0 Å². The molecule has 9 heteroatoms. The van der Waals surface area contributed by atoms with Gasteiger partial charge in [-0.25, -0.2) is 4.79 Å². The molecule has 1 heterocycles. The Kier molecular flexibility index (Phi) is 15.5. The van der Waals surface area contributed by atoms with Gasteiger partial charge in [-0.1, -0.05) is 70.7 Å². The summed E-state index contributed by atoms with van der Waals surface area (Å²) in [5, 5.41) is 6.19. The number of amides is 2. The molecule has 3 rings (SSSR count). The van der Waals surface area contributed by atoms with E-state index in [4.69, 9.17) is 14.2 Å². The lowest BCUT2D eigenvalue weighted by Crippen LogP contribution is -2.63. The van der Waals surface area contributed by atoms with E-state index in [2.05, 4.69) is 31.4 Å². The molecule has 0 radical (unpaired) electrons. The maximum atomic E-state index is 13.7. The molecular weight excluding hydrogens is 594 g/mol. The van der Waals surface area contributed by atoms with E-state index in [0.29, 0.717) is 29.7 Å². The van der Waals surface area contributed by atoms with Gasteiger partial charge in [0.05, 0.1) is 20.2 Å². The molecule has 1 fully saturated rings. The van der Waals surface area contributed by atoms with Gasteiger partial charge in [-0.3, -0.25) is 9.59 Å². The highest BCUT2D eigenvalue weighted by Crippen LogP contribution is 2.30. The second kappa shape index (κ2) is 19.3. The fourth-order valence-electron chi connectivity index (χ4n) is 6.70. The molecule has 1 aliphatic rings. The second-order valence-corrected chi connectivity index (χ2v) is 13.5. The summed E-state index contributed by atoms with van der Waals surface area (Å²) < 4.78 is 17.1. The summed E-state index contributed by atoms with van der Waals surface area (Å²) >= 11 is 0. The van der Waals surface area contributed by atoms with E-state index < -0.39 is 6.16 Å². The minimum absolute atomic E-state index is 0.0243. The number of ether oxygens (including phenoxy) is 3. The zero-order chi connectivity index (χ0) is 34.2. The standard InChI is InChI=1S/C38H57N3O6/c1-7-22-41(23-13-12-18-32(41)37(43)40-36-29(4)16-14-17-30(36)5)24-25-46-38(44)47-33-21-20-31(26-34(33)45-6)27-39-35(42)19-11-9-8-10-15-28(2)3/h14,16-17,20-21,26,28,32H,7-13,15,18-19,22-25,27H2,1-6H3,(H-,39,40,42,43)/p+1/t32-,41?/m0/s1. The highest BCUT2D eigenvalue weighted by molar-refractivity contribution is 5.95. The van der Waals surface area contributed by atoms with Crippen LogP contribution < -0.4 is 20.1 Å². The lowest BCUT2D eigenvalue weighted by Gasteiger charge is -2.46. The van der Waals surface area contributed by atoms with Gasteiger partial charge in [0.2, 0.25) is 5.91 Å². The zero-order valence-electron chi connectivity index (χ0n) is 29.6. The van der Waals surface area contributed by atoms with E-state index in [0.717, 1.165) is 86.3 Å². The summed E-state index contributed by atoms with van der Waals surface area (Å²) in [6, 6.07) is 11.0. The quantitative estimate of drug-likeness (QED) is 0.0736. The number of piperidine rings is 1. The Morgan fingerprint density at radius 3 is 2.40 bits per heavy atom. The van der Waals surface area contributed by atoms with Crippen LogP contribution >= 0.6 is 0 Å². The number of rotatable bonds is 18. The number of likely N-dealkylation sites (tertiary alicyclic amines) is 1. The smallest absolute Gasteiger partial charge is 0.493 e. The lowest BCUT2D eigenvalue weighted by atomic mass is 9.96. The maximum absolute atomic E-state index is 13.7. The number of hydrogen-bond acceptors (Lipinski definition) is 6. The van der Waals surface area contributed by atoms with Crippen molar-refractivity contribution in [3.63, 3.8) is 0 Å². The Labute approximate surface area is 282 Å². The number of anilines is 1. The third-order valence-corrected chi connectivity index (χ3v) is 9.30. The Morgan fingerprint density at radius 1 is 0.957 bits per heavy atom. The number of aryl methyl sites for hydroxylation is 2. The van der Waals surface area contributed by atoms with E-state index in [1.807, 2.05) is 32.0 Å². The second-order valence-electron chi connectivity index (χ2n) is 13.5. The number of quaternary nitrogens is 1. The van der Waals surface area contributed by atoms with E-state index in [1.165, 1.54) is 20.0 Å². The molecule has 1 aliphatic heterocycles. The van der Waals surface area contributed by atoms with Gasteiger partial charge in [-0.05, 0) is 74.3 Å². The summed E-state index contributed by atoms with van der Waals surface area (Å²) in [4.78, 5) is 38.8. The topological polar surface area (TPSA) is 103 Å². The third kappa shape index (κ3) is 11.9. The molecule has 0 aromatic heterocycles. The van der Waals surface area contributed by atoms with E-state index in [-0.39, 0.29) is 30.2 Å². The van der Waals surface area contributed by atoms with Gasteiger partial charge in [0, 0.05) is 25.1 Å². The lowest BCUT2D eigenvalue weighted by molar-refractivity contribution is -0.947. The first-order chi connectivity index (χ1) is 22.6. The molecule has 0 aliphatic carbocycles. The van der Waals surface area contributed by atoms with E-state index in [1.54, 1.807) is 18.2 Å². The monoisotopic (exact) mass is 652 g/mol. The van der Waals surface area contributed by atoms with Crippen LogP contribution in [0.4, 0.5) is 10.5 Å². The predicted octanol–water partition coefficient (Wildman–Crippen LogP) is 7.86. The van der Waals surface area contributed by atoms with Crippen LogP contribution in [0.2, 0.25) is 0 Å². The molecule has 2 atom stereocenters. The highest BCUT2D eigenvalue weighted by atomic mass is 16.7. The van der Waals surface area contributed by atoms with Crippen molar-refractivity contribution in [3.8, 4) is 11.5 Å². The van der Waals surface area contributed by atoms with Crippen LogP contribution in [-0.2, 0) is 20.9 Å². The maximum Gasteiger partial charge on any atom is 0.514 e. The van der Waals surface area contributed by atoms with Gasteiger partial charge in [0.15, 0.2) is 17.5 Å². The SMILES string of the molecule is CCC[N+]1(CCOC(=O)Oc2ccc(CNC(=O)CCCCCCC(C)C)cc2OC)CCCC[C@H]1C(=O)Nc1c(C)cccc1C. The number of benzene rings is 2. The van der Waals surface area contributed by atoms with Crippen molar-refractivity contribution in [3.05, 3.63) is 53.1 Å². The molecule has 2 aromatic rings. The molecule has 47 heavy (non-hydrogen) atoms.